The maximum Gasteiger partial charge on any atom is 0.102 e. The van der Waals surface area contributed by atoms with E-state index in [0.29, 0.717) is 6.42 Å². The average Bonchev–Trinajstić information content (AvgIpc) is 2.55. The first kappa shape index (κ1) is 8.45. The minimum Gasteiger partial charge on any atom is -0.369 e. The van der Waals surface area contributed by atoms with Crippen molar-refractivity contribution in [2.75, 3.05) is 6.61 Å². The monoisotopic (exact) mass is 127 g/mol. The molecule has 2 heteroatoms. The van der Waals surface area contributed by atoms with E-state index in [2.05, 4.69) is 0 Å². The molecule has 1 fully saturated rings. The van der Waals surface area contributed by atoms with Crippen LogP contribution >= 0.6 is 0 Å². The van der Waals surface area contributed by atoms with Gasteiger partial charge in [-0.3, -0.25) is 0 Å². The lowest BCUT2D eigenvalue weighted by Gasteiger charge is -1.90. The first-order valence-corrected chi connectivity index (χ1v) is 3.28. The smallest absolute Gasteiger partial charge is 0.102 e. The third kappa shape index (κ3) is 3.10. The molecule has 0 bridgehead atoms. The maximum atomic E-state index is 8.11. The summed E-state index contributed by atoms with van der Waals surface area (Å²) in [4.78, 5) is 0. The highest BCUT2D eigenvalue weighted by atomic mass is 16.6. The predicted molar refractivity (Wildman–Crippen MR) is 35.9 cm³/mol. The fourth-order valence-corrected chi connectivity index (χ4v) is 0.392. The van der Waals surface area contributed by atoms with Crippen LogP contribution in [0.25, 0.3) is 0 Å². The molecule has 1 heterocycles. The summed E-state index contributed by atoms with van der Waals surface area (Å²) in [5.74, 6) is 0. The van der Waals surface area contributed by atoms with Gasteiger partial charge in [0.05, 0.1) is 19.1 Å². The topological polar surface area (TPSA) is 36.3 Å². The summed E-state index contributed by atoms with van der Waals surface area (Å²) in [7, 11) is 0. The highest BCUT2D eigenvalue weighted by Gasteiger charge is 2.38. The molecule has 52 valence electrons. The van der Waals surface area contributed by atoms with E-state index in [0.717, 1.165) is 6.61 Å². The Morgan fingerprint density at radius 1 is 1.67 bits per heavy atom. The summed E-state index contributed by atoms with van der Waals surface area (Å²) in [6.07, 6.45) is 0.535. The second-order valence-corrected chi connectivity index (χ2v) is 2.07. The van der Waals surface area contributed by atoms with Crippen LogP contribution in [-0.4, -0.2) is 12.2 Å². The summed E-state index contributed by atoms with van der Waals surface area (Å²) in [6, 6.07) is 2.05. The van der Waals surface area contributed by atoms with Gasteiger partial charge in [-0.05, 0) is 6.92 Å². The molecule has 1 atom stereocenters. The number of nitriles is 1. The van der Waals surface area contributed by atoms with Crippen molar-refractivity contribution >= 4 is 0 Å². The first-order valence-electron chi connectivity index (χ1n) is 3.28. The minimum absolute atomic E-state index is 0.0608. The fraction of sp³-hybridized carbons (Fsp3) is 0.857. The Hall–Kier alpha value is -0.550. The molecule has 0 aromatic heterocycles. The Morgan fingerprint density at radius 2 is 2.11 bits per heavy atom. The number of epoxide rings is 1. The second kappa shape index (κ2) is 3.47. The van der Waals surface area contributed by atoms with Crippen molar-refractivity contribution < 1.29 is 4.74 Å². The van der Waals surface area contributed by atoms with Crippen LogP contribution in [-0.2, 0) is 4.74 Å². The van der Waals surface area contributed by atoms with E-state index in [1.165, 1.54) is 0 Å². The van der Waals surface area contributed by atoms with Gasteiger partial charge in [0.1, 0.15) is 5.60 Å². The molecule has 2 nitrogen and oxygen atoms in total. The molecule has 1 unspecified atom stereocenters. The van der Waals surface area contributed by atoms with E-state index in [4.69, 9.17) is 10.00 Å². The summed E-state index contributed by atoms with van der Waals surface area (Å²) < 4.78 is 4.91. The predicted octanol–water partition coefficient (Wildman–Crippen LogP) is 1.72. The molecule has 1 saturated heterocycles. The summed E-state index contributed by atoms with van der Waals surface area (Å²) in [6.45, 7) is 6.71. The normalized spacial score (nSPS) is 29.6. The maximum absolute atomic E-state index is 8.11. The number of rotatable bonds is 1. The van der Waals surface area contributed by atoms with Gasteiger partial charge < -0.3 is 4.74 Å². The third-order valence-corrected chi connectivity index (χ3v) is 1.09. The molecule has 0 aromatic carbocycles. The van der Waals surface area contributed by atoms with Crippen LogP contribution in [0.2, 0.25) is 0 Å². The van der Waals surface area contributed by atoms with Crippen LogP contribution in [0, 0.1) is 11.3 Å². The highest BCUT2D eigenvalue weighted by molar-refractivity contribution is 4.95. The first-order chi connectivity index (χ1) is 4.27. The van der Waals surface area contributed by atoms with Crippen molar-refractivity contribution in [3.05, 3.63) is 0 Å². The molecule has 1 aliphatic heterocycles. The van der Waals surface area contributed by atoms with Crippen LogP contribution in [0.15, 0.2) is 0 Å². The molecule has 0 radical (unpaired) electrons. The number of hydrogen-bond donors (Lipinski definition) is 0. The van der Waals surface area contributed by atoms with E-state index in [-0.39, 0.29) is 5.60 Å². The van der Waals surface area contributed by atoms with Gasteiger partial charge >= 0.3 is 0 Å². The van der Waals surface area contributed by atoms with Crippen molar-refractivity contribution in [1.29, 1.82) is 5.26 Å². The van der Waals surface area contributed by atoms with Gasteiger partial charge in [-0.25, -0.2) is 0 Å². The Balaban J connectivity index is 0.000000291. The molecule has 1 rings (SSSR count). The van der Waals surface area contributed by atoms with Crippen LogP contribution in [0.1, 0.15) is 27.2 Å². The van der Waals surface area contributed by atoms with Gasteiger partial charge in [0.25, 0.3) is 0 Å². The Morgan fingerprint density at radius 3 is 2.22 bits per heavy atom. The largest absolute Gasteiger partial charge is 0.369 e. The number of ether oxygens (including phenoxy) is 1. The summed E-state index contributed by atoms with van der Waals surface area (Å²) in [5, 5.41) is 8.11. The average molecular weight is 127 g/mol. The molecular formula is C7H13NO. The SMILES string of the molecule is CC.CC1(CC#N)CO1. The standard InChI is InChI=1S/C5H7NO.C2H6/c1-5(2-3-6)4-7-5;1-2/h2,4H2,1H3;1-2H3. The van der Waals surface area contributed by atoms with Crippen molar-refractivity contribution in [3.8, 4) is 6.07 Å². The van der Waals surface area contributed by atoms with E-state index in [9.17, 15) is 0 Å². The Labute approximate surface area is 56.4 Å². The van der Waals surface area contributed by atoms with Crippen LogP contribution < -0.4 is 0 Å². The molecule has 0 spiro atoms. The van der Waals surface area contributed by atoms with Crippen LogP contribution in [0.4, 0.5) is 0 Å². The van der Waals surface area contributed by atoms with Gasteiger partial charge in [-0.15, -0.1) is 0 Å². The zero-order chi connectivity index (χ0) is 7.33. The van der Waals surface area contributed by atoms with Crippen molar-refractivity contribution in [1.82, 2.24) is 0 Å². The van der Waals surface area contributed by atoms with Gasteiger partial charge in [-0.2, -0.15) is 5.26 Å². The summed E-state index contributed by atoms with van der Waals surface area (Å²) in [5.41, 5.74) is -0.0608. The Bertz CT molecular complexity index is 111. The molecule has 0 N–H and O–H groups in total. The fourth-order valence-electron chi connectivity index (χ4n) is 0.392. The third-order valence-electron chi connectivity index (χ3n) is 1.09. The Kier molecular flexibility index (Phi) is 3.26. The molecule has 0 aromatic rings. The highest BCUT2D eigenvalue weighted by Crippen LogP contribution is 2.28. The quantitative estimate of drug-likeness (QED) is 0.503. The number of nitrogens with zero attached hydrogens (tertiary/aromatic N) is 1. The zero-order valence-electron chi connectivity index (χ0n) is 6.27. The second-order valence-electron chi connectivity index (χ2n) is 2.07. The lowest BCUT2D eigenvalue weighted by molar-refractivity contribution is 0.328. The molecule has 0 saturated carbocycles. The van der Waals surface area contributed by atoms with Gasteiger partial charge in [0, 0.05) is 0 Å². The molecule has 0 amide bonds. The van der Waals surface area contributed by atoms with Gasteiger partial charge in [0.15, 0.2) is 0 Å². The number of hydrogen-bond acceptors (Lipinski definition) is 2. The van der Waals surface area contributed by atoms with E-state index >= 15 is 0 Å². The van der Waals surface area contributed by atoms with E-state index < -0.39 is 0 Å². The van der Waals surface area contributed by atoms with Crippen molar-refractivity contribution in [3.63, 3.8) is 0 Å². The van der Waals surface area contributed by atoms with Crippen LogP contribution in [0.3, 0.4) is 0 Å². The minimum atomic E-state index is -0.0608. The lowest BCUT2D eigenvalue weighted by Crippen LogP contribution is -2.00. The van der Waals surface area contributed by atoms with Crippen molar-refractivity contribution in [2.24, 2.45) is 0 Å². The van der Waals surface area contributed by atoms with Gasteiger partial charge in [0.2, 0.25) is 0 Å². The summed E-state index contributed by atoms with van der Waals surface area (Å²) >= 11 is 0. The molecule has 0 aliphatic carbocycles. The zero-order valence-corrected chi connectivity index (χ0v) is 6.27. The molecule has 9 heavy (non-hydrogen) atoms. The van der Waals surface area contributed by atoms with E-state index in [1.54, 1.807) is 0 Å². The molecular weight excluding hydrogens is 114 g/mol. The van der Waals surface area contributed by atoms with Gasteiger partial charge in [-0.1, -0.05) is 13.8 Å². The molecule has 1 aliphatic rings. The van der Waals surface area contributed by atoms with Crippen molar-refractivity contribution in [2.45, 2.75) is 32.8 Å². The van der Waals surface area contributed by atoms with E-state index in [1.807, 2.05) is 26.8 Å². The van der Waals surface area contributed by atoms with Crippen LogP contribution in [0.5, 0.6) is 0 Å². The lowest BCUT2D eigenvalue weighted by atomic mass is 10.1.